The lowest BCUT2D eigenvalue weighted by molar-refractivity contribution is 0.244. The van der Waals surface area contributed by atoms with E-state index in [1.165, 1.54) is 11.3 Å². The summed E-state index contributed by atoms with van der Waals surface area (Å²) >= 11 is 3.69. The van der Waals surface area contributed by atoms with Crippen molar-refractivity contribution in [1.29, 1.82) is 0 Å². The topological polar surface area (TPSA) is 35.5 Å². The summed E-state index contributed by atoms with van der Waals surface area (Å²) in [6.07, 6.45) is 2.31. The molecule has 1 saturated heterocycles. The minimum absolute atomic E-state index is 0.230. The molecule has 1 aliphatic heterocycles. The van der Waals surface area contributed by atoms with Crippen LogP contribution in [-0.4, -0.2) is 30.8 Å². The fraction of sp³-hybridized carbons (Fsp3) is 0.625. The molecule has 2 N–H and O–H groups in total. The van der Waals surface area contributed by atoms with Crippen LogP contribution in [0.5, 0.6) is 0 Å². The van der Waals surface area contributed by atoms with E-state index in [4.69, 9.17) is 0 Å². The molecule has 1 aliphatic rings. The highest BCUT2D eigenvalue weighted by Crippen LogP contribution is 2.34. The second-order valence-electron chi connectivity index (χ2n) is 5.67. The van der Waals surface area contributed by atoms with Crippen LogP contribution in [0.4, 0.5) is 5.69 Å². The molecule has 1 aromatic rings. The number of halogens is 1. The smallest absolute Gasteiger partial charge is 0.0637 e. The van der Waals surface area contributed by atoms with Crippen molar-refractivity contribution in [3.8, 4) is 0 Å². The third kappa shape index (κ3) is 3.54. The second-order valence-corrected chi connectivity index (χ2v) is 6.53. The average Bonchev–Trinajstić information content (AvgIpc) is 2.80. The van der Waals surface area contributed by atoms with E-state index in [1.807, 2.05) is 0 Å². The molecule has 2 atom stereocenters. The van der Waals surface area contributed by atoms with E-state index in [1.54, 1.807) is 0 Å². The number of hydrogen-bond acceptors (Lipinski definition) is 3. The van der Waals surface area contributed by atoms with Crippen molar-refractivity contribution < 1.29 is 5.11 Å². The van der Waals surface area contributed by atoms with Crippen molar-refractivity contribution in [2.75, 3.05) is 24.6 Å². The van der Waals surface area contributed by atoms with Crippen LogP contribution in [0.15, 0.2) is 22.7 Å². The normalized spacial score (nSPS) is 22.5. The maximum absolute atomic E-state index is 9.59. The highest BCUT2D eigenvalue weighted by molar-refractivity contribution is 9.10. The predicted octanol–water partition coefficient (Wildman–Crippen LogP) is 3.16. The molecule has 20 heavy (non-hydrogen) atoms. The molecule has 2 rings (SSSR count). The number of benzene rings is 1. The molecule has 0 aromatic heterocycles. The maximum atomic E-state index is 9.59. The zero-order valence-corrected chi connectivity index (χ0v) is 14.0. The fourth-order valence-electron chi connectivity index (χ4n) is 2.89. The lowest BCUT2D eigenvalue weighted by atomic mass is 10.0. The SMILES string of the molecule is CCCNCc1ccc(N2CCC(C)C2CO)c(Br)c1. The number of nitrogens with one attached hydrogen (secondary N) is 1. The van der Waals surface area contributed by atoms with Crippen LogP contribution < -0.4 is 10.2 Å². The molecule has 2 unspecified atom stereocenters. The summed E-state index contributed by atoms with van der Waals surface area (Å²) in [7, 11) is 0. The van der Waals surface area contributed by atoms with Crippen LogP contribution >= 0.6 is 15.9 Å². The highest BCUT2D eigenvalue weighted by Gasteiger charge is 2.31. The van der Waals surface area contributed by atoms with E-state index in [9.17, 15) is 5.11 Å². The van der Waals surface area contributed by atoms with Gasteiger partial charge in [0, 0.05) is 17.6 Å². The molecule has 1 heterocycles. The zero-order valence-electron chi connectivity index (χ0n) is 12.4. The predicted molar refractivity (Wildman–Crippen MR) is 88.1 cm³/mol. The van der Waals surface area contributed by atoms with Crippen molar-refractivity contribution in [1.82, 2.24) is 5.32 Å². The Morgan fingerprint density at radius 3 is 2.90 bits per heavy atom. The summed E-state index contributed by atoms with van der Waals surface area (Å²) in [4.78, 5) is 2.33. The molecule has 0 bridgehead atoms. The lowest BCUT2D eigenvalue weighted by Gasteiger charge is -2.28. The van der Waals surface area contributed by atoms with Gasteiger partial charge in [-0.3, -0.25) is 0 Å². The van der Waals surface area contributed by atoms with Crippen molar-refractivity contribution in [3.05, 3.63) is 28.2 Å². The second kappa shape index (κ2) is 7.43. The third-order valence-corrected chi connectivity index (χ3v) is 4.78. The van der Waals surface area contributed by atoms with Crippen molar-refractivity contribution in [3.63, 3.8) is 0 Å². The fourth-order valence-corrected chi connectivity index (χ4v) is 3.54. The molecule has 4 heteroatoms. The first kappa shape index (κ1) is 15.8. The molecule has 0 radical (unpaired) electrons. The number of aliphatic hydroxyl groups is 1. The number of aliphatic hydroxyl groups excluding tert-OH is 1. The van der Waals surface area contributed by atoms with Gasteiger partial charge in [-0.2, -0.15) is 0 Å². The van der Waals surface area contributed by atoms with Gasteiger partial charge in [0.25, 0.3) is 0 Å². The Balaban J connectivity index is 2.09. The van der Waals surface area contributed by atoms with Crippen LogP contribution in [0.2, 0.25) is 0 Å². The van der Waals surface area contributed by atoms with Crippen LogP contribution in [0.3, 0.4) is 0 Å². The van der Waals surface area contributed by atoms with Gasteiger partial charge in [0.05, 0.1) is 18.3 Å². The van der Waals surface area contributed by atoms with E-state index in [0.29, 0.717) is 5.92 Å². The van der Waals surface area contributed by atoms with Crippen LogP contribution in [-0.2, 0) is 6.54 Å². The highest BCUT2D eigenvalue weighted by atomic mass is 79.9. The van der Waals surface area contributed by atoms with Crippen LogP contribution in [0, 0.1) is 5.92 Å². The average molecular weight is 341 g/mol. The molecular weight excluding hydrogens is 316 g/mol. The van der Waals surface area contributed by atoms with Crippen molar-refractivity contribution >= 4 is 21.6 Å². The Kier molecular flexibility index (Phi) is 5.87. The van der Waals surface area contributed by atoms with Crippen LogP contribution in [0.25, 0.3) is 0 Å². The molecule has 0 amide bonds. The van der Waals surface area contributed by atoms with Gasteiger partial charge in [0.15, 0.2) is 0 Å². The third-order valence-electron chi connectivity index (χ3n) is 4.15. The van der Waals surface area contributed by atoms with E-state index >= 15 is 0 Å². The summed E-state index contributed by atoms with van der Waals surface area (Å²) in [6.45, 7) is 7.61. The maximum Gasteiger partial charge on any atom is 0.0637 e. The first-order chi connectivity index (χ1) is 9.67. The number of anilines is 1. The standard InChI is InChI=1S/C16H25BrN2O/c1-3-7-18-10-13-4-5-15(14(17)9-13)19-8-6-12(2)16(19)11-20/h4-5,9,12,16,18,20H,3,6-8,10-11H2,1-2H3. The molecule has 112 valence electrons. The summed E-state index contributed by atoms with van der Waals surface area (Å²) in [5, 5.41) is 13.0. The van der Waals surface area contributed by atoms with E-state index in [-0.39, 0.29) is 12.6 Å². The number of rotatable bonds is 6. The quantitative estimate of drug-likeness (QED) is 0.781. The zero-order chi connectivity index (χ0) is 14.5. The molecule has 1 fully saturated rings. The molecular formula is C16H25BrN2O. The van der Waals surface area contributed by atoms with Crippen LogP contribution in [0.1, 0.15) is 32.3 Å². The lowest BCUT2D eigenvalue weighted by Crippen LogP contribution is -2.35. The minimum Gasteiger partial charge on any atom is -0.394 e. The van der Waals surface area contributed by atoms with Crippen molar-refractivity contribution in [2.24, 2.45) is 5.92 Å². The summed E-state index contributed by atoms with van der Waals surface area (Å²) in [5.41, 5.74) is 2.49. The van der Waals surface area contributed by atoms with Gasteiger partial charge in [0.2, 0.25) is 0 Å². The summed E-state index contributed by atoms with van der Waals surface area (Å²) in [5.74, 6) is 0.554. The Labute approximate surface area is 130 Å². The molecule has 0 saturated carbocycles. The number of nitrogens with zero attached hydrogens (tertiary/aromatic N) is 1. The van der Waals surface area contributed by atoms with E-state index in [2.05, 4.69) is 58.2 Å². The molecule has 0 aliphatic carbocycles. The monoisotopic (exact) mass is 340 g/mol. The first-order valence-electron chi connectivity index (χ1n) is 7.54. The molecule has 0 spiro atoms. The van der Waals surface area contributed by atoms with Gasteiger partial charge in [-0.25, -0.2) is 0 Å². The summed E-state index contributed by atoms with van der Waals surface area (Å²) < 4.78 is 1.13. The van der Waals surface area contributed by atoms with Gasteiger partial charge in [0.1, 0.15) is 0 Å². The van der Waals surface area contributed by atoms with Gasteiger partial charge in [-0.1, -0.05) is 19.9 Å². The van der Waals surface area contributed by atoms with Gasteiger partial charge in [-0.15, -0.1) is 0 Å². The molecule has 1 aromatic carbocycles. The van der Waals surface area contributed by atoms with E-state index in [0.717, 1.165) is 36.9 Å². The van der Waals surface area contributed by atoms with Gasteiger partial charge >= 0.3 is 0 Å². The largest absolute Gasteiger partial charge is 0.394 e. The number of hydrogen-bond donors (Lipinski definition) is 2. The first-order valence-corrected chi connectivity index (χ1v) is 8.33. The summed E-state index contributed by atoms with van der Waals surface area (Å²) in [6, 6.07) is 6.79. The molecule has 3 nitrogen and oxygen atoms in total. The van der Waals surface area contributed by atoms with Gasteiger partial charge < -0.3 is 15.3 Å². The van der Waals surface area contributed by atoms with E-state index < -0.39 is 0 Å². The minimum atomic E-state index is 0.230. The van der Waals surface area contributed by atoms with Crippen molar-refractivity contribution in [2.45, 2.75) is 39.3 Å². The Morgan fingerprint density at radius 2 is 2.25 bits per heavy atom. The Bertz CT molecular complexity index is 438. The van der Waals surface area contributed by atoms with Gasteiger partial charge in [-0.05, 0) is 58.9 Å². The Hall–Kier alpha value is -0.580. The Morgan fingerprint density at radius 1 is 1.45 bits per heavy atom.